The van der Waals surface area contributed by atoms with E-state index in [1.54, 1.807) is 0 Å². The smallest absolute Gasteiger partial charge is 0.305 e. The number of hydrogen-bond acceptors (Lipinski definition) is 2. The summed E-state index contributed by atoms with van der Waals surface area (Å²) >= 11 is 0. The van der Waals surface area contributed by atoms with Gasteiger partial charge in [0.25, 0.3) is 0 Å². The second kappa shape index (κ2) is 11.3. The highest BCUT2D eigenvalue weighted by molar-refractivity contribution is 5.68. The van der Waals surface area contributed by atoms with E-state index in [4.69, 9.17) is 0 Å². The van der Waals surface area contributed by atoms with Crippen molar-refractivity contribution in [2.75, 3.05) is 7.11 Å². The molecule has 0 saturated heterocycles. The van der Waals surface area contributed by atoms with Crippen LogP contribution in [0.15, 0.2) is 12.2 Å². The van der Waals surface area contributed by atoms with Crippen LogP contribution in [0.5, 0.6) is 0 Å². The van der Waals surface area contributed by atoms with Crippen LogP contribution in [-0.2, 0) is 9.53 Å². The molecule has 0 aliphatic rings. The topological polar surface area (TPSA) is 26.3 Å². The molecule has 0 aromatic rings. The molecule has 0 radical (unpaired) electrons. The van der Waals surface area contributed by atoms with Crippen molar-refractivity contribution in [1.82, 2.24) is 0 Å². The third-order valence-corrected chi connectivity index (χ3v) is 2.47. The Kier molecular flexibility index (Phi) is 10.7. The van der Waals surface area contributed by atoms with Gasteiger partial charge in [-0.3, -0.25) is 4.79 Å². The van der Waals surface area contributed by atoms with Crippen LogP contribution in [0, 0.1) is 0 Å². The molecule has 0 aliphatic carbocycles. The molecule has 15 heavy (non-hydrogen) atoms. The van der Waals surface area contributed by atoms with Gasteiger partial charge in [0, 0.05) is 6.42 Å². The molecule has 2 nitrogen and oxygen atoms in total. The minimum atomic E-state index is -0.0805. The molecular formula is C13H24O2. The molecule has 0 fully saturated rings. The number of methoxy groups -OCH3 is 1. The predicted molar refractivity (Wildman–Crippen MR) is 63.8 cm³/mol. The Morgan fingerprint density at radius 1 is 1.07 bits per heavy atom. The summed E-state index contributed by atoms with van der Waals surface area (Å²) < 4.78 is 4.58. The molecular weight excluding hydrogens is 188 g/mol. The highest BCUT2D eigenvalue weighted by atomic mass is 16.5. The summed E-state index contributed by atoms with van der Waals surface area (Å²) in [6.45, 7) is 2.06. The number of carbonyl (C=O) groups excluding carboxylic acids is 1. The average Bonchev–Trinajstić information content (AvgIpc) is 2.26. The first-order valence-electron chi connectivity index (χ1n) is 5.99. The van der Waals surface area contributed by atoms with Crippen molar-refractivity contribution < 1.29 is 9.53 Å². The first-order chi connectivity index (χ1) is 7.31. The zero-order valence-corrected chi connectivity index (χ0v) is 10.1. The molecule has 0 spiro atoms. The third kappa shape index (κ3) is 11.1. The molecule has 0 N–H and O–H groups in total. The highest BCUT2D eigenvalue weighted by Gasteiger charge is 1.98. The number of ether oxygens (including phenoxy) is 1. The Morgan fingerprint density at radius 3 is 2.27 bits per heavy atom. The van der Waals surface area contributed by atoms with Crippen molar-refractivity contribution in [3.63, 3.8) is 0 Å². The van der Waals surface area contributed by atoms with E-state index in [0.29, 0.717) is 6.42 Å². The summed E-state index contributed by atoms with van der Waals surface area (Å²) in [5.41, 5.74) is 0. The first kappa shape index (κ1) is 14.2. The van der Waals surface area contributed by atoms with Crippen molar-refractivity contribution in [3.05, 3.63) is 12.2 Å². The Balaban J connectivity index is 3.02. The lowest BCUT2D eigenvalue weighted by Crippen LogP contribution is -1.99. The van der Waals surface area contributed by atoms with Crippen molar-refractivity contribution >= 4 is 5.97 Å². The van der Waals surface area contributed by atoms with Crippen LogP contribution in [-0.4, -0.2) is 13.1 Å². The van der Waals surface area contributed by atoms with Crippen LogP contribution >= 0.6 is 0 Å². The molecule has 2 heteroatoms. The summed E-state index contributed by atoms with van der Waals surface area (Å²) in [5.74, 6) is -0.0805. The number of esters is 1. The van der Waals surface area contributed by atoms with Crippen molar-refractivity contribution in [2.45, 2.75) is 58.3 Å². The average molecular weight is 212 g/mol. The molecule has 0 amide bonds. The number of carbonyl (C=O) groups is 1. The zero-order chi connectivity index (χ0) is 11.4. The van der Waals surface area contributed by atoms with Gasteiger partial charge in [-0.25, -0.2) is 0 Å². The number of rotatable bonds is 9. The fraction of sp³-hybridized carbons (Fsp3) is 0.769. The first-order valence-corrected chi connectivity index (χ1v) is 5.99. The number of unbranched alkanes of at least 4 members (excludes halogenated alkanes) is 6. The summed E-state index contributed by atoms with van der Waals surface area (Å²) in [7, 11) is 1.45. The van der Waals surface area contributed by atoms with Crippen molar-refractivity contribution in [3.8, 4) is 0 Å². The van der Waals surface area contributed by atoms with Gasteiger partial charge in [0.05, 0.1) is 7.11 Å². The lowest BCUT2D eigenvalue weighted by molar-refractivity contribution is -0.140. The second-order valence-corrected chi connectivity index (χ2v) is 3.81. The van der Waals surface area contributed by atoms with Gasteiger partial charge in [-0.05, 0) is 26.2 Å². The minimum absolute atomic E-state index is 0.0805. The van der Waals surface area contributed by atoms with E-state index in [9.17, 15) is 4.79 Å². The van der Waals surface area contributed by atoms with E-state index in [-0.39, 0.29) is 5.97 Å². The lowest BCUT2D eigenvalue weighted by Gasteiger charge is -2.00. The van der Waals surface area contributed by atoms with E-state index in [1.807, 2.05) is 0 Å². The van der Waals surface area contributed by atoms with Crippen LogP contribution in [0.2, 0.25) is 0 Å². The summed E-state index contributed by atoms with van der Waals surface area (Å²) in [6.07, 6.45) is 13.4. The van der Waals surface area contributed by atoms with Gasteiger partial charge in [-0.1, -0.05) is 37.8 Å². The largest absolute Gasteiger partial charge is 0.469 e. The van der Waals surface area contributed by atoms with Crippen molar-refractivity contribution in [1.29, 1.82) is 0 Å². The molecule has 0 aromatic carbocycles. The standard InChI is InChI=1S/C13H24O2/c1-3-4-5-6-7-8-9-10-11-12-13(14)15-2/h3-4H,5-12H2,1-2H3/b4-3+. The molecule has 0 heterocycles. The fourth-order valence-corrected chi connectivity index (χ4v) is 1.51. The zero-order valence-electron chi connectivity index (χ0n) is 10.1. The second-order valence-electron chi connectivity index (χ2n) is 3.81. The summed E-state index contributed by atoms with van der Waals surface area (Å²) in [5, 5.41) is 0. The van der Waals surface area contributed by atoms with Gasteiger partial charge in [-0.15, -0.1) is 0 Å². The van der Waals surface area contributed by atoms with Crippen LogP contribution in [0.25, 0.3) is 0 Å². The van der Waals surface area contributed by atoms with Gasteiger partial charge >= 0.3 is 5.97 Å². The van der Waals surface area contributed by atoms with Gasteiger partial charge in [0.2, 0.25) is 0 Å². The van der Waals surface area contributed by atoms with E-state index in [1.165, 1.54) is 39.2 Å². The Hall–Kier alpha value is -0.790. The van der Waals surface area contributed by atoms with Crippen LogP contribution < -0.4 is 0 Å². The van der Waals surface area contributed by atoms with E-state index in [2.05, 4.69) is 23.8 Å². The quantitative estimate of drug-likeness (QED) is 0.329. The van der Waals surface area contributed by atoms with Gasteiger partial charge in [-0.2, -0.15) is 0 Å². The van der Waals surface area contributed by atoms with Crippen LogP contribution in [0.3, 0.4) is 0 Å². The maximum absolute atomic E-state index is 10.8. The lowest BCUT2D eigenvalue weighted by atomic mass is 10.1. The molecule has 0 bridgehead atoms. The maximum atomic E-state index is 10.8. The monoisotopic (exact) mass is 212 g/mol. The SMILES string of the molecule is C/C=C/CCCCCCCCC(=O)OC. The molecule has 0 unspecified atom stereocenters. The van der Waals surface area contributed by atoms with E-state index < -0.39 is 0 Å². The molecule has 0 atom stereocenters. The Morgan fingerprint density at radius 2 is 1.67 bits per heavy atom. The molecule has 0 rings (SSSR count). The predicted octanol–water partition coefficient (Wildman–Crippen LogP) is 3.86. The molecule has 0 saturated carbocycles. The third-order valence-electron chi connectivity index (χ3n) is 2.47. The summed E-state index contributed by atoms with van der Waals surface area (Å²) in [6, 6.07) is 0. The number of hydrogen-bond donors (Lipinski definition) is 0. The minimum Gasteiger partial charge on any atom is -0.469 e. The van der Waals surface area contributed by atoms with Crippen LogP contribution in [0.4, 0.5) is 0 Å². The van der Waals surface area contributed by atoms with Crippen LogP contribution in [0.1, 0.15) is 58.3 Å². The summed E-state index contributed by atoms with van der Waals surface area (Å²) in [4.78, 5) is 10.8. The molecule has 0 aliphatic heterocycles. The van der Waals surface area contributed by atoms with Crippen molar-refractivity contribution in [2.24, 2.45) is 0 Å². The fourth-order valence-electron chi connectivity index (χ4n) is 1.51. The number of allylic oxidation sites excluding steroid dienone is 2. The van der Waals surface area contributed by atoms with Gasteiger partial charge < -0.3 is 4.74 Å². The van der Waals surface area contributed by atoms with Gasteiger partial charge in [0.1, 0.15) is 0 Å². The maximum Gasteiger partial charge on any atom is 0.305 e. The Labute approximate surface area is 93.7 Å². The molecule has 88 valence electrons. The Bertz CT molecular complexity index is 173. The van der Waals surface area contributed by atoms with E-state index in [0.717, 1.165) is 12.8 Å². The highest BCUT2D eigenvalue weighted by Crippen LogP contribution is 2.09. The van der Waals surface area contributed by atoms with Gasteiger partial charge in [0.15, 0.2) is 0 Å². The molecule has 0 aromatic heterocycles. The normalized spacial score (nSPS) is 10.8. The van der Waals surface area contributed by atoms with E-state index >= 15 is 0 Å².